The Labute approximate surface area is 134 Å². The van der Waals surface area contributed by atoms with E-state index in [1.165, 1.54) is 0 Å². The third kappa shape index (κ3) is 4.27. The van der Waals surface area contributed by atoms with Crippen LogP contribution in [0.3, 0.4) is 0 Å². The van der Waals surface area contributed by atoms with Crippen molar-refractivity contribution in [3.05, 3.63) is 34.3 Å². The quantitative estimate of drug-likeness (QED) is 0.884. The minimum atomic E-state index is -3.18. The second-order valence-corrected chi connectivity index (χ2v) is 5.52. The van der Waals surface area contributed by atoms with Gasteiger partial charge in [0, 0.05) is 31.2 Å². The summed E-state index contributed by atoms with van der Waals surface area (Å²) in [5.41, 5.74) is 1.26. The summed E-state index contributed by atoms with van der Waals surface area (Å²) < 4.78 is 28.3. The van der Waals surface area contributed by atoms with Crippen molar-refractivity contribution in [2.75, 3.05) is 32.8 Å². The molecule has 2 N–H and O–H groups in total. The summed E-state index contributed by atoms with van der Waals surface area (Å²) in [6, 6.07) is 3.81. The molecule has 120 valence electrons. The zero-order valence-electron chi connectivity index (χ0n) is 11.8. The molecule has 2 rings (SSSR count). The SMILES string of the molecule is Cc1cc([C@@H](N2CCNCC2)C(F)(F)CO)ccc1Cl.Cl. The number of aryl methyl sites for hydroxylation is 1. The molecule has 0 saturated carbocycles. The lowest BCUT2D eigenvalue weighted by molar-refractivity contribution is -0.118. The minimum absolute atomic E-state index is 0. The van der Waals surface area contributed by atoms with E-state index in [1.807, 2.05) is 0 Å². The van der Waals surface area contributed by atoms with E-state index in [0.29, 0.717) is 36.8 Å². The van der Waals surface area contributed by atoms with Gasteiger partial charge < -0.3 is 10.4 Å². The normalized spacial score (nSPS) is 18.1. The number of nitrogens with one attached hydrogen (secondary N) is 1. The van der Waals surface area contributed by atoms with Crippen LogP contribution in [0.15, 0.2) is 18.2 Å². The first-order valence-corrected chi connectivity index (χ1v) is 7.03. The van der Waals surface area contributed by atoms with Gasteiger partial charge in [0.15, 0.2) is 0 Å². The average Bonchev–Trinajstić information content (AvgIpc) is 2.44. The van der Waals surface area contributed by atoms with E-state index in [9.17, 15) is 8.78 Å². The van der Waals surface area contributed by atoms with Gasteiger partial charge in [-0.2, -0.15) is 0 Å². The lowest BCUT2D eigenvalue weighted by Crippen LogP contribution is -2.51. The van der Waals surface area contributed by atoms with Crippen molar-refractivity contribution in [1.82, 2.24) is 10.2 Å². The van der Waals surface area contributed by atoms with Crippen molar-refractivity contribution in [2.24, 2.45) is 0 Å². The molecule has 0 spiro atoms. The number of aliphatic hydroxyl groups excluding tert-OH is 1. The summed E-state index contributed by atoms with van der Waals surface area (Å²) in [5, 5.41) is 12.8. The van der Waals surface area contributed by atoms with Gasteiger partial charge in [-0.3, -0.25) is 4.90 Å². The lowest BCUT2D eigenvalue weighted by atomic mass is 9.97. The number of aliphatic hydroxyl groups is 1. The van der Waals surface area contributed by atoms with E-state index >= 15 is 0 Å². The fourth-order valence-electron chi connectivity index (χ4n) is 2.59. The second kappa shape index (κ2) is 7.70. The molecule has 0 unspecified atom stereocenters. The average molecular weight is 341 g/mol. The number of piperazine rings is 1. The van der Waals surface area contributed by atoms with Gasteiger partial charge >= 0.3 is 0 Å². The van der Waals surface area contributed by atoms with Gasteiger partial charge in [0.1, 0.15) is 12.6 Å². The zero-order chi connectivity index (χ0) is 14.8. The van der Waals surface area contributed by atoms with Crippen molar-refractivity contribution < 1.29 is 13.9 Å². The molecule has 7 heteroatoms. The van der Waals surface area contributed by atoms with Crippen LogP contribution < -0.4 is 5.32 Å². The number of hydrogen-bond acceptors (Lipinski definition) is 3. The summed E-state index contributed by atoms with van der Waals surface area (Å²) in [7, 11) is 0. The number of hydrogen-bond donors (Lipinski definition) is 2. The van der Waals surface area contributed by atoms with Gasteiger partial charge in [-0.25, -0.2) is 8.78 Å². The molecule has 0 aromatic heterocycles. The molecule has 1 saturated heterocycles. The predicted octanol–water partition coefficient (Wildman–Crippen LogP) is 2.64. The molecule has 0 aliphatic carbocycles. The lowest BCUT2D eigenvalue weighted by Gasteiger charge is -2.38. The molecule has 1 aromatic carbocycles. The van der Waals surface area contributed by atoms with Gasteiger partial charge in [-0.05, 0) is 24.1 Å². The smallest absolute Gasteiger partial charge is 0.289 e. The largest absolute Gasteiger partial charge is 0.390 e. The van der Waals surface area contributed by atoms with Crippen LogP contribution in [0.2, 0.25) is 5.02 Å². The van der Waals surface area contributed by atoms with Crippen LogP contribution in [0.5, 0.6) is 0 Å². The Kier molecular flexibility index (Phi) is 6.81. The molecule has 1 aromatic rings. The first-order valence-electron chi connectivity index (χ1n) is 6.65. The molecule has 1 atom stereocenters. The standard InChI is InChI=1S/C14H19ClF2N2O.ClH/c1-10-8-11(2-3-12(10)15)13(14(16,17)9-20)19-6-4-18-5-7-19;/h2-3,8,13,18,20H,4-7,9H2,1H3;1H/t13-;/m1./s1. The Bertz CT molecular complexity index is 468. The molecular formula is C14H20Cl2F2N2O. The first-order chi connectivity index (χ1) is 9.45. The maximum absolute atomic E-state index is 14.2. The summed E-state index contributed by atoms with van der Waals surface area (Å²) in [6.45, 7) is 3.03. The highest BCUT2D eigenvalue weighted by atomic mass is 35.5. The Hall–Kier alpha value is -0.460. The van der Waals surface area contributed by atoms with Crippen LogP contribution in [-0.4, -0.2) is 48.7 Å². The molecule has 21 heavy (non-hydrogen) atoms. The van der Waals surface area contributed by atoms with Gasteiger partial charge in [-0.1, -0.05) is 23.7 Å². The number of nitrogens with zero attached hydrogens (tertiary/aromatic N) is 1. The Balaban J connectivity index is 0.00000220. The van der Waals surface area contributed by atoms with Crippen molar-refractivity contribution in [3.8, 4) is 0 Å². The van der Waals surface area contributed by atoms with Gasteiger partial charge in [0.25, 0.3) is 5.92 Å². The maximum atomic E-state index is 14.2. The molecule has 3 nitrogen and oxygen atoms in total. The van der Waals surface area contributed by atoms with Crippen LogP contribution in [0, 0.1) is 6.92 Å². The fraction of sp³-hybridized carbons (Fsp3) is 0.571. The summed E-state index contributed by atoms with van der Waals surface area (Å²) in [6.07, 6.45) is 0. The van der Waals surface area contributed by atoms with Gasteiger partial charge in [0.2, 0.25) is 0 Å². The van der Waals surface area contributed by atoms with E-state index in [4.69, 9.17) is 16.7 Å². The van der Waals surface area contributed by atoms with Crippen LogP contribution >= 0.6 is 24.0 Å². The van der Waals surface area contributed by atoms with Crippen molar-refractivity contribution in [2.45, 2.75) is 18.9 Å². The van der Waals surface area contributed by atoms with E-state index in [-0.39, 0.29) is 12.4 Å². The molecule has 1 fully saturated rings. The Morgan fingerprint density at radius 2 is 2.00 bits per heavy atom. The summed E-state index contributed by atoms with van der Waals surface area (Å²) >= 11 is 5.96. The fourth-order valence-corrected chi connectivity index (χ4v) is 2.70. The molecule has 0 amide bonds. The Morgan fingerprint density at radius 1 is 1.38 bits per heavy atom. The second-order valence-electron chi connectivity index (χ2n) is 5.12. The van der Waals surface area contributed by atoms with Crippen LogP contribution in [0.4, 0.5) is 8.78 Å². The molecule has 1 aliphatic rings. The third-order valence-corrected chi connectivity index (χ3v) is 4.05. The van der Waals surface area contributed by atoms with Crippen LogP contribution in [0.1, 0.15) is 17.2 Å². The van der Waals surface area contributed by atoms with Gasteiger partial charge in [0.05, 0.1) is 0 Å². The van der Waals surface area contributed by atoms with E-state index in [1.54, 1.807) is 30.0 Å². The highest BCUT2D eigenvalue weighted by molar-refractivity contribution is 6.31. The van der Waals surface area contributed by atoms with E-state index in [0.717, 1.165) is 5.56 Å². The molecule has 0 bridgehead atoms. The number of rotatable bonds is 4. The highest BCUT2D eigenvalue weighted by Crippen LogP contribution is 2.37. The van der Waals surface area contributed by atoms with Gasteiger partial charge in [-0.15, -0.1) is 12.4 Å². The third-order valence-electron chi connectivity index (χ3n) is 3.63. The van der Waals surface area contributed by atoms with E-state index in [2.05, 4.69) is 5.32 Å². The van der Waals surface area contributed by atoms with E-state index < -0.39 is 18.6 Å². The molecule has 0 radical (unpaired) electrons. The van der Waals surface area contributed by atoms with Crippen molar-refractivity contribution in [1.29, 1.82) is 0 Å². The van der Waals surface area contributed by atoms with Crippen molar-refractivity contribution in [3.63, 3.8) is 0 Å². The molecular weight excluding hydrogens is 321 g/mol. The highest BCUT2D eigenvalue weighted by Gasteiger charge is 2.44. The first kappa shape index (κ1) is 18.6. The van der Waals surface area contributed by atoms with Crippen LogP contribution in [-0.2, 0) is 0 Å². The maximum Gasteiger partial charge on any atom is 0.289 e. The minimum Gasteiger partial charge on any atom is -0.390 e. The summed E-state index contributed by atoms with van der Waals surface area (Å²) in [5.74, 6) is -3.18. The molecule has 1 heterocycles. The topological polar surface area (TPSA) is 35.5 Å². The predicted molar refractivity (Wildman–Crippen MR) is 82.7 cm³/mol. The van der Waals surface area contributed by atoms with Crippen molar-refractivity contribution >= 4 is 24.0 Å². The zero-order valence-corrected chi connectivity index (χ0v) is 13.4. The Morgan fingerprint density at radius 3 is 2.52 bits per heavy atom. The number of halogens is 4. The van der Waals surface area contributed by atoms with Crippen LogP contribution in [0.25, 0.3) is 0 Å². The summed E-state index contributed by atoms with van der Waals surface area (Å²) in [4.78, 5) is 1.72. The number of alkyl halides is 2. The number of benzene rings is 1. The molecule has 1 aliphatic heterocycles. The monoisotopic (exact) mass is 340 g/mol.